The fourth-order valence-corrected chi connectivity index (χ4v) is 2.18. The van der Waals surface area contributed by atoms with Gasteiger partial charge in [0.05, 0.1) is 0 Å². The highest BCUT2D eigenvalue weighted by molar-refractivity contribution is 5.93. The molecule has 0 radical (unpaired) electrons. The molecule has 0 bridgehead atoms. The van der Waals surface area contributed by atoms with E-state index in [9.17, 15) is 4.79 Å². The van der Waals surface area contributed by atoms with E-state index in [2.05, 4.69) is 17.1 Å². The number of nitrogens with zero attached hydrogens (tertiary/aromatic N) is 1. The molecule has 1 aromatic heterocycles. The van der Waals surface area contributed by atoms with Gasteiger partial charge < -0.3 is 9.84 Å². The number of hydrogen-bond donors (Lipinski definition) is 1. The third kappa shape index (κ3) is 3.55. The van der Waals surface area contributed by atoms with Gasteiger partial charge >= 0.3 is 0 Å². The molecule has 0 atom stereocenters. The summed E-state index contributed by atoms with van der Waals surface area (Å²) in [6, 6.07) is 20.9. The molecule has 114 valence electrons. The van der Waals surface area contributed by atoms with E-state index < -0.39 is 0 Å². The molecule has 0 saturated heterocycles. The molecule has 0 spiro atoms. The Labute approximate surface area is 134 Å². The fraction of sp³-hybridized carbons (Fsp3) is 0.0526. The molecule has 0 unspecified atom stereocenters. The van der Waals surface area contributed by atoms with Gasteiger partial charge in [0.15, 0.2) is 0 Å². The van der Waals surface area contributed by atoms with Crippen molar-refractivity contribution in [2.24, 2.45) is 0 Å². The van der Waals surface area contributed by atoms with Crippen molar-refractivity contribution in [3.8, 4) is 11.3 Å². The lowest BCUT2D eigenvalue weighted by Gasteiger charge is -2.06. The maximum absolute atomic E-state index is 12.1. The Morgan fingerprint density at radius 3 is 2.39 bits per heavy atom. The zero-order chi connectivity index (χ0) is 16.1. The lowest BCUT2D eigenvalue weighted by Crippen LogP contribution is -2.24. The number of aromatic nitrogens is 1. The number of nitrogens with one attached hydrogen (secondary N) is 1. The summed E-state index contributed by atoms with van der Waals surface area (Å²) in [5.41, 5.74) is 3.37. The monoisotopic (exact) mass is 304 g/mol. The maximum Gasteiger partial charge on any atom is 0.290 e. The van der Waals surface area contributed by atoms with Crippen LogP contribution in [0.25, 0.3) is 16.8 Å². The van der Waals surface area contributed by atoms with Crippen LogP contribution in [0.1, 0.15) is 16.1 Å². The number of carbonyl (C=O) groups is 1. The van der Waals surface area contributed by atoms with Crippen LogP contribution in [0, 0.1) is 0 Å². The van der Waals surface area contributed by atoms with Gasteiger partial charge in [-0.2, -0.15) is 0 Å². The molecule has 1 heterocycles. The summed E-state index contributed by atoms with van der Waals surface area (Å²) >= 11 is 0. The van der Waals surface area contributed by atoms with Crippen molar-refractivity contribution in [2.45, 2.75) is 0 Å². The summed E-state index contributed by atoms with van der Waals surface area (Å²) in [5, 5.41) is 6.72. The number of amides is 1. The predicted octanol–water partition coefficient (Wildman–Crippen LogP) is 3.78. The van der Waals surface area contributed by atoms with Crippen molar-refractivity contribution in [1.82, 2.24) is 10.5 Å². The number of benzene rings is 2. The Morgan fingerprint density at radius 2 is 1.70 bits per heavy atom. The Morgan fingerprint density at radius 1 is 1.04 bits per heavy atom. The van der Waals surface area contributed by atoms with Gasteiger partial charge in [-0.25, -0.2) is 0 Å². The van der Waals surface area contributed by atoms with E-state index >= 15 is 0 Å². The van der Waals surface area contributed by atoms with Crippen LogP contribution in [0.15, 0.2) is 77.8 Å². The SMILES string of the molecule is C=C(CNC(=O)c1cc(-c2ccccc2)no1)c1ccccc1. The quantitative estimate of drug-likeness (QED) is 0.780. The standard InChI is InChI=1S/C19H16N2O2/c1-14(15-8-4-2-5-9-15)13-20-19(22)18-12-17(21-23-18)16-10-6-3-7-11-16/h2-12H,1,13H2,(H,20,22). The van der Waals surface area contributed by atoms with Gasteiger partial charge in [0.2, 0.25) is 5.76 Å². The van der Waals surface area contributed by atoms with Crippen molar-refractivity contribution in [3.63, 3.8) is 0 Å². The van der Waals surface area contributed by atoms with E-state index in [4.69, 9.17) is 4.52 Å². The van der Waals surface area contributed by atoms with Crippen LogP contribution in [0.4, 0.5) is 0 Å². The lowest BCUT2D eigenvalue weighted by atomic mass is 10.1. The van der Waals surface area contributed by atoms with Gasteiger partial charge in [-0.3, -0.25) is 4.79 Å². The normalized spacial score (nSPS) is 10.3. The Hall–Kier alpha value is -3.14. The second-order valence-electron chi connectivity index (χ2n) is 5.09. The van der Waals surface area contributed by atoms with E-state index in [1.54, 1.807) is 6.07 Å². The molecule has 0 aliphatic carbocycles. The van der Waals surface area contributed by atoms with Gasteiger partial charge in [0, 0.05) is 18.2 Å². The maximum atomic E-state index is 12.1. The average Bonchev–Trinajstić information content (AvgIpc) is 3.11. The first kappa shape index (κ1) is 14.8. The summed E-state index contributed by atoms with van der Waals surface area (Å²) in [7, 11) is 0. The fourth-order valence-electron chi connectivity index (χ4n) is 2.18. The molecule has 0 aliphatic rings. The van der Waals surface area contributed by atoms with Crippen LogP contribution in [-0.2, 0) is 0 Å². The minimum atomic E-state index is -0.309. The zero-order valence-corrected chi connectivity index (χ0v) is 12.5. The Kier molecular flexibility index (Phi) is 4.34. The van der Waals surface area contributed by atoms with Crippen LogP contribution in [-0.4, -0.2) is 17.6 Å². The van der Waals surface area contributed by atoms with Crippen LogP contribution in [0.3, 0.4) is 0 Å². The van der Waals surface area contributed by atoms with Crippen molar-refractivity contribution < 1.29 is 9.32 Å². The lowest BCUT2D eigenvalue weighted by molar-refractivity contribution is 0.0922. The first-order valence-corrected chi connectivity index (χ1v) is 7.27. The third-order valence-corrected chi connectivity index (χ3v) is 3.45. The molecule has 0 aliphatic heterocycles. The van der Waals surface area contributed by atoms with Crippen molar-refractivity contribution in [1.29, 1.82) is 0 Å². The first-order valence-electron chi connectivity index (χ1n) is 7.27. The third-order valence-electron chi connectivity index (χ3n) is 3.45. The largest absolute Gasteiger partial charge is 0.350 e. The van der Waals surface area contributed by atoms with Crippen molar-refractivity contribution >= 4 is 11.5 Å². The van der Waals surface area contributed by atoms with Crippen LogP contribution in [0.2, 0.25) is 0 Å². The molecule has 1 amide bonds. The van der Waals surface area contributed by atoms with Gasteiger partial charge in [0.25, 0.3) is 5.91 Å². The average molecular weight is 304 g/mol. The van der Waals surface area contributed by atoms with E-state index in [-0.39, 0.29) is 11.7 Å². The highest BCUT2D eigenvalue weighted by Gasteiger charge is 2.14. The highest BCUT2D eigenvalue weighted by Crippen LogP contribution is 2.18. The predicted molar refractivity (Wildman–Crippen MR) is 89.7 cm³/mol. The second kappa shape index (κ2) is 6.75. The molecule has 4 nitrogen and oxygen atoms in total. The molecule has 4 heteroatoms. The molecule has 3 rings (SSSR count). The van der Waals surface area contributed by atoms with Crippen LogP contribution in [0.5, 0.6) is 0 Å². The summed E-state index contributed by atoms with van der Waals surface area (Å²) in [6.07, 6.45) is 0. The van der Waals surface area contributed by atoms with Gasteiger partial charge in [-0.05, 0) is 11.1 Å². The van der Waals surface area contributed by atoms with E-state index in [1.165, 1.54) is 0 Å². The molecule has 1 N–H and O–H groups in total. The highest BCUT2D eigenvalue weighted by atomic mass is 16.5. The zero-order valence-electron chi connectivity index (χ0n) is 12.5. The molecule has 3 aromatic rings. The summed E-state index contributed by atoms with van der Waals surface area (Å²) in [5.74, 6) is -0.124. The van der Waals surface area contributed by atoms with Gasteiger partial charge in [-0.15, -0.1) is 0 Å². The van der Waals surface area contributed by atoms with Gasteiger partial charge in [0.1, 0.15) is 5.69 Å². The number of carbonyl (C=O) groups excluding carboxylic acids is 1. The summed E-state index contributed by atoms with van der Waals surface area (Å²) in [4.78, 5) is 12.1. The van der Waals surface area contributed by atoms with Crippen molar-refractivity contribution in [3.05, 3.63) is 84.6 Å². The van der Waals surface area contributed by atoms with Crippen LogP contribution < -0.4 is 5.32 Å². The molecule has 0 fully saturated rings. The number of hydrogen-bond acceptors (Lipinski definition) is 3. The first-order chi connectivity index (χ1) is 11.2. The second-order valence-corrected chi connectivity index (χ2v) is 5.09. The summed E-state index contributed by atoms with van der Waals surface area (Å²) < 4.78 is 5.13. The van der Waals surface area contributed by atoms with Crippen LogP contribution >= 0.6 is 0 Å². The molecule has 2 aromatic carbocycles. The molecular formula is C19H16N2O2. The smallest absolute Gasteiger partial charge is 0.290 e. The summed E-state index contributed by atoms with van der Waals surface area (Å²) in [6.45, 7) is 4.33. The molecule has 0 saturated carbocycles. The minimum absolute atomic E-state index is 0.185. The Bertz CT molecular complexity index is 808. The van der Waals surface area contributed by atoms with Crippen molar-refractivity contribution in [2.75, 3.05) is 6.54 Å². The van der Waals surface area contributed by atoms with E-state index in [0.717, 1.165) is 16.7 Å². The molecular weight excluding hydrogens is 288 g/mol. The topological polar surface area (TPSA) is 55.1 Å². The Balaban J connectivity index is 1.63. The van der Waals surface area contributed by atoms with Gasteiger partial charge in [-0.1, -0.05) is 72.4 Å². The van der Waals surface area contributed by atoms with E-state index in [1.807, 2.05) is 60.7 Å². The molecule has 23 heavy (non-hydrogen) atoms. The van der Waals surface area contributed by atoms with E-state index in [0.29, 0.717) is 12.2 Å². The minimum Gasteiger partial charge on any atom is -0.350 e. The number of rotatable bonds is 5.